The minimum Gasteiger partial charge on any atom is -0.459 e. The Balaban J connectivity index is 1.91. The Morgan fingerprint density at radius 3 is 2.91 bits per heavy atom. The Kier molecular flexibility index (Phi) is 5.31. The van der Waals surface area contributed by atoms with E-state index in [2.05, 4.69) is 20.8 Å². The molecule has 0 saturated heterocycles. The summed E-state index contributed by atoms with van der Waals surface area (Å²) in [6, 6.07) is 3.13. The Morgan fingerprint density at radius 2 is 2.23 bits per heavy atom. The number of rotatable bonds is 7. The number of H-pyrrole nitrogens is 1. The van der Waals surface area contributed by atoms with Gasteiger partial charge in [-0.2, -0.15) is 5.10 Å². The number of carbonyl (C=O) groups excluding carboxylic acids is 2. The van der Waals surface area contributed by atoms with E-state index >= 15 is 0 Å². The molecule has 0 aliphatic rings. The van der Waals surface area contributed by atoms with Crippen LogP contribution in [0.1, 0.15) is 34.9 Å². The molecule has 2 amide bonds. The largest absolute Gasteiger partial charge is 0.459 e. The maximum absolute atomic E-state index is 12.0. The van der Waals surface area contributed by atoms with Crippen LogP contribution in [0.4, 0.5) is 5.69 Å². The zero-order valence-corrected chi connectivity index (χ0v) is 12.4. The van der Waals surface area contributed by atoms with Gasteiger partial charge >= 0.3 is 0 Å². The van der Waals surface area contributed by atoms with Crippen molar-refractivity contribution in [2.24, 2.45) is 0 Å². The average Bonchev–Trinajstić information content (AvgIpc) is 3.14. The highest BCUT2D eigenvalue weighted by Gasteiger charge is 2.17. The van der Waals surface area contributed by atoms with Crippen LogP contribution in [-0.4, -0.2) is 41.3 Å². The molecule has 3 N–H and O–H groups in total. The fourth-order valence-corrected chi connectivity index (χ4v) is 1.69. The molecule has 0 unspecified atom stereocenters. The topological polar surface area (TPSA) is 109 Å². The van der Waals surface area contributed by atoms with Crippen molar-refractivity contribution >= 4 is 17.5 Å². The molecule has 2 rings (SSSR count). The van der Waals surface area contributed by atoms with Crippen molar-refractivity contribution in [3.05, 3.63) is 36.0 Å². The van der Waals surface area contributed by atoms with Gasteiger partial charge in [-0.1, -0.05) is 0 Å². The molecule has 0 spiro atoms. The van der Waals surface area contributed by atoms with Crippen LogP contribution >= 0.6 is 0 Å². The number of amides is 2. The molecule has 22 heavy (non-hydrogen) atoms. The number of nitrogens with one attached hydrogen (secondary N) is 3. The minimum absolute atomic E-state index is 0.104. The second-order valence-electron chi connectivity index (χ2n) is 4.77. The number of nitrogens with zero attached hydrogens (tertiary/aromatic N) is 1. The van der Waals surface area contributed by atoms with Crippen molar-refractivity contribution < 1.29 is 18.7 Å². The summed E-state index contributed by atoms with van der Waals surface area (Å²) in [7, 11) is 0. The summed E-state index contributed by atoms with van der Waals surface area (Å²) in [5.74, 6) is -0.680. The van der Waals surface area contributed by atoms with Gasteiger partial charge in [0.1, 0.15) is 5.69 Å². The van der Waals surface area contributed by atoms with E-state index in [1.807, 2.05) is 13.8 Å². The summed E-state index contributed by atoms with van der Waals surface area (Å²) < 4.78 is 10.3. The van der Waals surface area contributed by atoms with Crippen LogP contribution in [0.15, 0.2) is 29.0 Å². The van der Waals surface area contributed by atoms with Gasteiger partial charge in [-0.25, -0.2) is 0 Å². The van der Waals surface area contributed by atoms with Gasteiger partial charge in [-0.3, -0.25) is 14.7 Å². The molecule has 0 atom stereocenters. The fourth-order valence-electron chi connectivity index (χ4n) is 1.69. The van der Waals surface area contributed by atoms with Crippen LogP contribution in [-0.2, 0) is 4.74 Å². The summed E-state index contributed by atoms with van der Waals surface area (Å²) in [5, 5.41) is 11.6. The van der Waals surface area contributed by atoms with E-state index in [-0.39, 0.29) is 29.2 Å². The zero-order valence-electron chi connectivity index (χ0n) is 12.4. The number of aromatic nitrogens is 2. The van der Waals surface area contributed by atoms with Gasteiger partial charge in [-0.05, 0) is 26.0 Å². The number of furan rings is 1. The number of hydrogen-bond donors (Lipinski definition) is 3. The predicted molar refractivity (Wildman–Crippen MR) is 78.7 cm³/mol. The number of aromatic amines is 1. The Labute approximate surface area is 127 Å². The predicted octanol–water partition coefficient (Wildman–Crippen LogP) is 1.41. The molecule has 8 nitrogen and oxygen atoms in total. The molecule has 0 saturated carbocycles. The maximum atomic E-state index is 12.0. The third-order valence-corrected chi connectivity index (χ3v) is 2.70. The molecule has 0 aliphatic heterocycles. The van der Waals surface area contributed by atoms with Gasteiger partial charge in [0.05, 0.1) is 30.9 Å². The van der Waals surface area contributed by atoms with Crippen molar-refractivity contribution in [1.29, 1.82) is 0 Å². The summed E-state index contributed by atoms with van der Waals surface area (Å²) in [6.07, 6.45) is 2.86. The number of carbonyl (C=O) groups is 2. The molecule has 8 heteroatoms. The molecule has 2 aromatic rings. The van der Waals surface area contributed by atoms with Crippen molar-refractivity contribution in [3.8, 4) is 0 Å². The monoisotopic (exact) mass is 306 g/mol. The quantitative estimate of drug-likeness (QED) is 0.670. The summed E-state index contributed by atoms with van der Waals surface area (Å²) in [4.78, 5) is 23.9. The molecule has 0 bridgehead atoms. The van der Waals surface area contributed by atoms with Gasteiger partial charge in [0.15, 0.2) is 5.76 Å². The van der Waals surface area contributed by atoms with Gasteiger partial charge in [0.2, 0.25) is 0 Å². The molecule has 118 valence electrons. The lowest BCUT2D eigenvalue weighted by Crippen LogP contribution is -2.29. The van der Waals surface area contributed by atoms with Gasteiger partial charge in [-0.15, -0.1) is 0 Å². The second kappa shape index (κ2) is 7.41. The highest BCUT2D eigenvalue weighted by molar-refractivity contribution is 6.06. The zero-order chi connectivity index (χ0) is 15.9. The third-order valence-electron chi connectivity index (χ3n) is 2.70. The number of anilines is 1. The summed E-state index contributed by atoms with van der Waals surface area (Å²) >= 11 is 0. The molecule has 0 radical (unpaired) electrons. The number of hydrogen-bond acceptors (Lipinski definition) is 5. The van der Waals surface area contributed by atoms with Crippen molar-refractivity contribution in [2.45, 2.75) is 20.0 Å². The summed E-state index contributed by atoms with van der Waals surface area (Å²) in [6.45, 7) is 4.60. The highest BCUT2D eigenvalue weighted by Crippen LogP contribution is 2.13. The van der Waals surface area contributed by atoms with E-state index in [0.717, 1.165) is 0 Å². The SMILES string of the molecule is CC(C)OCCNC(=O)c1[nH]ncc1NC(=O)c1ccco1. The van der Waals surface area contributed by atoms with Crippen molar-refractivity contribution in [3.63, 3.8) is 0 Å². The van der Waals surface area contributed by atoms with Gasteiger partial charge < -0.3 is 19.8 Å². The van der Waals surface area contributed by atoms with Gasteiger partial charge in [0, 0.05) is 6.54 Å². The van der Waals surface area contributed by atoms with Crippen molar-refractivity contribution in [2.75, 3.05) is 18.5 Å². The second-order valence-corrected chi connectivity index (χ2v) is 4.77. The molecular formula is C14H18N4O4. The first-order chi connectivity index (χ1) is 10.6. The van der Waals surface area contributed by atoms with Crippen LogP contribution in [0.2, 0.25) is 0 Å². The first kappa shape index (κ1) is 15.8. The normalized spacial score (nSPS) is 10.7. The van der Waals surface area contributed by atoms with Gasteiger partial charge in [0.25, 0.3) is 11.8 Å². The molecule has 0 aromatic carbocycles. The molecule has 2 heterocycles. The lowest BCUT2D eigenvalue weighted by Gasteiger charge is -2.09. The van der Waals surface area contributed by atoms with E-state index in [0.29, 0.717) is 13.2 Å². The Hall–Kier alpha value is -2.61. The molecule has 0 aliphatic carbocycles. The molecular weight excluding hydrogens is 288 g/mol. The molecule has 0 fully saturated rings. The highest BCUT2D eigenvalue weighted by atomic mass is 16.5. The number of ether oxygens (including phenoxy) is 1. The van der Waals surface area contributed by atoms with E-state index < -0.39 is 5.91 Å². The average molecular weight is 306 g/mol. The Bertz CT molecular complexity index is 619. The standard InChI is InChI=1S/C14H18N4O4/c1-9(2)21-7-5-15-14(20)12-10(8-16-18-12)17-13(19)11-4-3-6-22-11/h3-4,6,8-9H,5,7H2,1-2H3,(H,15,20)(H,16,18)(H,17,19). The lowest BCUT2D eigenvalue weighted by atomic mass is 10.3. The van der Waals surface area contributed by atoms with E-state index in [1.165, 1.54) is 18.5 Å². The van der Waals surface area contributed by atoms with E-state index in [1.54, 1.807) is 6.07 Å². The van der Waals surface area contributed by atoms with E-state index in [9.17, 15) is 9.59 Å². The van der Waals surface area contributed by atoms with Crippen LogP contribution in [0, 0.1) is 0 Å². The Morgan fingerprint density at radius 1 is 1.41 bits per heavy atom. The first-order valence-corrected chi connectivity index (χ1v) is 6.86. The van der Waals surface area contributed by atoms with Crippen LogP contribution in [0.25, 0.3) is 0 Å². The van der Waals surface area contributed by atoms with Crippen LogP contribution in [0.3, 0.4) is 0 Å². The van der Waals surface area contributed by atoms with Crippen molar-refractivity contribution in [1.82, 2.24) is 15.5 Å². The summed E-state index contributed by atoms with van der Waals surface area (Å²) in [5.41, 5.74) is 0.452. The van der Waals surface area contributed by atoms with E-state index in [4.69, 9.17) is 9.15 Å². The van der Waals surface area contributed by atoms with Crippen LogP contribution in [0.5, 0.6) is 0 Å². The maximum Gasteiger partial charge on any atom is 0.291 e. The van der Waals surface area contributed by atoms with Crippen LogP contribution < -0.4 is 10.6 Å². The smallest absolute Gasteiger partial charge is 0.291 e. The minimum atomic E-state index is -0.455. The third kappa shape index (κ3) is 4.19. The first-order valence-electron chi connectivity index (χ1n) is 6.86. The molecule has 2 aromatic heterocycles. The fraction of sp³-hybridized carbons (Fsp3) is 0.357. The lowest BCUT2D eigenvalue weighted by molar-refractivity contribution is 0.0745.